The summed E-state index contributed by atoms with van der Waals surface area (Å²) in [5.41, 5.74) is 5.26. The first kappa shape index (κ1) is 26.5. The van der Waals surface area contributed by atoms with Crippen LogP contribution < -0.4 is 5.32 Å². The standard InChI is InChI=1S/C31H40N4O2/c1-22(2)27-14-9-15-28(23(3)4)30(27)32-31(37)35(25-16-17-25)21-29(36)34(19-24-11-7-6-8-12-24)20-26-13-10-18-33(26)5/h6-15,18,22-23,25H,16-17,19-21H2,1-5H3,(H,32,37). The third-order valence-corrected chi connectivity index (χ3v) is 7.13. The first-order valence-electron chi connectivity index (χ1n) is 13.4. The molecule has 0 bridgehead atoms. The van der Waals surface area contributed by atoms with Crippen molar-refractivity contribution in [2.75, 3.05) is 11.9 Å². The van der Waals surface area contributed by atoms with Gasteiger partial charge in [0.1, 0.15) is 6.54 Å². The monoisotopic (exact) mass is 500 g/mol. The van der Waals surface area contributed by atoms with Gasteiger partial charge in [0.2, 0.25) is 5.91 Å². The van der Waals surface area contributed by atoms with Crippen LogP contribution in [0.15, 0.2) is 66.9 Å². The molecule has 0 atom stereocenters. The Labute approximate surface area is 221 Å². The topological polar surface area (TPSA) is 57.6 Å². The number of para-hydroxylation sites is 1. The molecule has 1 N–H and O–H groups in total. The maximum atomic E-state index is 13.7. The van der Waals surface area contributed by atoms with Crippen LogP contribution in [0.1, 0.15) is 74.8 Å². The molecule has 0 saturated heterocycles. The molecule has 3 aromatic rings. The number of hydrogen-bond acceptors (Lipinski definition) is 2. The van der Waals surface area contributed by atoms with Gasteiger partial charge in [0, 0.05) is 37.2 Å². The summed E-state index contributed by atoms with van der Waals surface area (Å²) < 4.78 is 2.03. The van der Waals surface area contributed by atoms with E-state index in [-0.39, 0.29) is 36.4 Å². The van der Waals surface area contributed by atoms with Crippen molar-refractivity contribution < 1.29 is 9.59 Å². The summed E-state index contributed by atoms with van der Waals surface area (Å²) in [5, 5.41) is 3.22. The van der Waals surface area contributed by atoms with Crippen molar-refractivity contribution in [3.05, 3.63) is 89.2 Å². The molecule has 0 unspecified atom stereocenters. The Morgan fingerprint density at radius 1 is 0.892 bits per heavy atom. The van der Waals surface area contributed by atoms with Crippen LogP contribution in [0.3, 0.4) is 0 Å². The van der Waals surface area contributed by atoms with Crippen molar-refractivity contribution in [2.45, 2.75) is 71.5 Å². The molecule has 4 rings (SSSR count). The number of carbonyl (C=O) groups is 2. The van der Waals surface area contributed by atoms with E-state index in [1.807, 2.05) is 65.2 Å². The van der Waals surface area contributed by atoms with Crippen LogP contribution in [-0.4, -0.2) is 38.9 Å². The zero-order chi connectivity index (χ0) is 26.5. The van der Waals surface area contributed by atoms with Crippen molar-refractivity contribution >= 4 is 17.6 Å². The molecule has 2 aromatic carbocycles. The highest BCUT2D eigenvalue weighted by Gasteiger charge is 2.35. The molecule has 1 heterocycles. The molecule has 6 nitrogen and oxygen atoms in total. The van der Waals surface area contributed by atoms with Gasteiger partial charge in [-0.05, 0) is 53.5 Å². The van der Waals surface area contributed by atoms with E-state index in [2.05, 4.69) is 51.2 Å². The average Bonchev–Trinajstić information content (AvgIpc) is 3.63. The van der Waals surface area contributed by atoms with Gasteiger partial charge in [0.05, 0.1) is 6.54 Å². The van der Waals surface area contributed by atoms with Crippen molar-refractivity contribution in [3.8, 4) is 0 Å². The molecule has 1 aliphatic rings. The van der Waals surface area contributed by atoms with Gasteiger partial charge in [0.25, 0.3) is 0 Å². The second-order valence-corrected chi connectivity index (χ2v) is 10.8. The number of nitrogens with one attached hydrogen (secondary N) is 1. The second kappa shape index (κ2) is 11.7. The highest BCUT2D eigenvalue weighted by Crippen LogP contribution is 2.34. The highest BCUT2D eigenvalue weighted by molar-refractivity contribution is 5.94. The largest absolute Gasteiger partial charge is 0.353 e. The Morgan fingerprint density at radius 2 is 1.54 bits per heavy atom. The van der Waals surface area contributed by atoms with Crippen LogP contribution in [0, 0.1) is 0 Å². The zero-order valence-corrected chi connectivity index (χ0v) is 22.8. The number of anilines is 1. The fourth-order valence-electron chi connectivity index (χ4n) is 4.77. The van der Waals surface area contributed by atoms with Gasteiger partial charge in [-0.3, -0.25) is 4.79 Å². The zero-order valence-electron chi connectivity index (χ0n) is 22.8. The van der Waals surface area contributed by atoms with E-state index in [0.717, 1.165) is 40.9 Å². The third kappa shape index (κ3) is 6.62. The van der Waals surface area contributed by atoms with E-state index in [9.17, 15) is 9.59 Å². The Kier molecular flexibility index (Phi) is 8.37. The number of hydrogen-bond donors (Lipinski definition) is 1. The van der Waals surface area contributed by atoms with Crippen molar-refractivity contribution in [1.82, 2.24) is 14.4 Å². The lowest BCUT2D eigenvalue weighted by molar-refractivity contribution is -0.133. The van der Waals surface area contributed by atoms with Crippen LogP contribution in [0.25, 0.3) is 0 Å². The molecular formula is C31H40N4O2. The lowest BCUT2D eigenvalue weighted by atomic mass is 9.93. The van der Waals surface area contributed by atoms with E-state index in [4.69, 9.17) is 0 Å². The molecule has 0 spiro atoms. The number of urea groups is 1. The smallest absolute Gasteiger partial charge is 0.322 e. The quantitative estimate of drug-likeness (QED) is 0.346. The van der Waals surface area contributed by atoms with Crippen LogP contribution >= 0.6 is 0 Å². The average molecular weight is 501 g/mol. The molecular weight excluding hydrogens is 460 g/mol. The molecule has 196 valence electrons. The Hall–Kier alpha value is -3.54. The van der Waals surface area contributed by atoms with Crippen LogP contribution in [0.2, 0.25) is 0 Å². The number of nitrogens with zero attached hydrogens (tertiary/aromatic N) is 3. The first-order chi connectivity index (χ1) is 17.7. The Balaban J connectivity index is 1.56. The van der Waals surface area contributed by atoms with Gasteiger partial charge in [0.15, 0.2) is 0 Å². The number of amides is 3. The molecule has 6 heteroatoms. The molecule has 3 amide bonds. The summed E-state index contributed by atoms with van der Waals surface area (Å²) in [5.74, 6) is 0.502. The molecule has 1 saturated carbocycles. The maximum Gasteiger partial charge on any atom is 0.322 e. The lowest BCUT2D eigenvalue weighted by Gasteiger charge is -2.29. The molecule has 37 heavy (non-hydrogen) atoms. The molecule has 1 fully saturated rings. The summed E-state index contributed by atoms with van der Waals surface area (Å²) in [6, 6.07) is 20.2. The molecule has 0 radical (unpaired) electrons. The van der Waals surface area contributed by atoms with E-state index in [1.54, 1.807) is 4.90 Å². The fourth-order valence-corrected chi connectivity index (χ4v) is 4.77. The number of carbonyl (C=O) groups excluding carboxylic acids is 2. The summed E-state index contributed by atoms with van der Waals surface area (Å²) in [6.45, 7) is 9.62. The maximum absolute atomic E-state index is 13.7. The van der Waals surface area contributed by atoms with Crippen molar-refractivity contribution in [3.63, 3.8) is 0 Å². The SMILES string of the molecule is CC(C)c1cccc(C(C)C)c1NC(=O)N(CC(=O)N(Cc1ccccc1)Cc1cccn1C)C1CC1. The number of benzene rings is 2. The van der Waals surface area contributed by atoms with E-state index in [0.29, 0.717) is 13.1 Å². The van der Waals surface area contributed by atoms with Gasteiger partial charge in [-0.2, -0.15) is 0 Å². The van der Waals surface area contributed by atoms with Crippen molar-refractivity contribution in [2.24, 2.45) is 7.05 Å². The van der Waals surface area contributed by atoms with Gasteiger partial charge < -0.3 is 19.7 Å². The number of rotatable bonds is 10. The molecule has 1 aliphatic carbocycles. The van der Waals surface area contributed by atoms with Gasteiger partial charge in [-0.15, -0.1) is 0 Å². The van der Waals surface area contributed by atoms with E-state index in [1.165, 1.54) is 0 Å². The van der Waals surface area contributed by atoms with Gasteiger partial charge in [-0.25, -0.2) is 4.79 Å². The minimum absolute atomic E-state index is 0.0478. The molecule has 0 aliphatic heterocycles. The summed E-state index contributed by atoms with van der Waals surface area (Å²) >= 11 is 0. The predicted molar refractivity (Wildman–Crippen MR) is 149 cm³/mol. The number of aromatic nitrogens is 1. The Morgan fingerprint density at radius 3 is 2.08 bits per heavy atom. The van der Waals surface area contributed by atoms with Crippen molar-refractivity contribution in [1.29, 1.82) is 0 Å². The normalized spacial score (nSPS) is 13.2. The second-order valence-electron chi connectivity index (χ2n) is 10.8. The summed E-state index contributed by atoms with van der Waals surface area (Å²) in [7, 11) is 1.99. The first-order valence-corrected chi connectivity index (χ1v) is 13.4. The Bertz CT molecular complexity index is 1180. The summed E-state index contributed by atoms with van der Waals surface area (Å²) in [6.07, 6.45) is 3.85. The highest BCUT2D eigenvalue weighted by atomic mass is 16.2. The third-order valence-electron chi connectivity index (χ3n) is 7.13. The van der Waals surface area contributed by atoms with E-state index >= 15 is 0 Å². The van der Waals surface area contributed by atoms with Crippen LogP contribution in [-0.2, 0) is 24.9 Å². The minimum atomic E-state index is -0.190. The van der Waals surface area contributed by atoms with Crippen LogP contribution in [0.5, 0.6) is 0 Å². The summed E-state index contributed by atoms with van der Waals surface area (Å²) in [4.78, 5) is 31.0. The number of aryl methyl sites for hydroxylation is 1. The van der Waals surface area contributed by atoms with Gasteiger partial charge >= 0.3 is 6.03 Å². The molecule has 1 aromatic heterocycles. The van der Waals surface area contributed by atoms with E-state index < -0.39 is 0 Å². The van der Waals surface area contributed by atoms with Gasteiger partial charge in [-0.1, -0.05) is 76.2 Å². The van der Waals surface area contributed by atoms with Crippen LogP contribution in [0.4, 0.5) is 10.5 Å². The predicted octanol–water partition coefficient (Wildman–Crippen LogP) is 6.50. The fraction of sp³-hybridized carbons (Fsp3) is 0.419. The lowest BCUT2D eigenvalue weighted by Crippen LogP contribution is -2.45. The minimum Gasteiger partial charge on any atom is -0.353 e.